The zero-order valence-corrected chi connectivity index (χ0v) is 13.1. The van der Waals surface area contributed by atoms with Gasteiger partial charge < -0.3 is 5.11 Å². The Morgan fingerprint density at radius 1 is 1.15 bits per heavy atom. The van der Waals surface area contributed by atoms with Crippen LogP contribution in [0.2, 0.25) is 0 Å². The van der Waals surface area contributed by atoms with Crippen molar-refractivity contribution in [2.24, 2.45) is 11.3 Å². The molecule has 7 heteroatoms. The summed E-state index contributed by atoms with van der Waals surface area (Å²) in [6, 6.07) is 0. The second kappa shape index (κ2) is 7.38. The van der Waals surface area contributed by atoms with Gasteiger partial charge in [0, 0.05) is 13.1 Å². The van der Waals surface area contributed by atoms with E-state index in [1.54, 1.807) is 0 Å². The molecule has 0 atom stereocenters. The van der Waals surface area contributed by atoms with E-state index in [2.05, 4.69) is 9.44 Å². The number of nitrogens with one attached hydrogen (secondary N) is 2. The Hall–Kier alpha value is -0.660. The van der Waals surface area contributed by atoms with E-state index in [-0.39, 0.29) is 12.5 Å². The Bertz CT molecular complexity index is 412. The van der Waals surface area contributed by atoms with Crippen molar-refractivity contribution < 1.29 is 18.3 Å². The first-order chi connectivity index (χ1) is 9.27. The molecule has 0 aromatic heterocycles. The maximum atomic E-state index is 11.8. The topological polar surface area (TPSA) is 95.5 Å². The summed E-state index contributed by atoms with van der Waals surface area (Å²) in [5.74, 6) is -0.691. The van der Waals surface area contributed by atoms with E-state index in [9.17, 15) is 18.3 Å². The van der Waals surface area contributed by atoms with E-state index in [1.165, 1.54) is 0 Å². The molecular formula is C13H26N2O4S. The SMILES string of the molecule is CC(C)CNS(=O)(=O)NCC1(C(=O)O)CCCCCC1. The molecule has 0 amide bonds. The lowest BCUT2D eigenvalue weighted by atomic mass is 9.80. The molecule has 118 valence electrons. The lowest BCUT2D eigenvalue weighted by molar-refractivity contribution is -0.149. The largest absolute Gasteiger partial charge is 0.481 e. The maximum Gasteiger partial charge on any atom is 0.310 e. The van der Waals surface area contributed by atoms with Gasteiger partial charge in [0.05, 0.1) is 5.41 Å². The van der Waals surface area contributed by atoms with Crippen LogP contribution in [0.5, 0.6) is 0 Å². The molecule has 1 rings (SSSR count). The van der Waals surface area contributed by atoms with Gasteiger partial charge >= 0.3 is 5.97 Å². The van der Waals surface area contributed by atoms with Gasteiger partial charge in [-0.3, -0.25) is 4.79 Å². The molecule has 1 aliphatic carbocycles. The average Bonchev–Trinajstić information content (AvgIpc) is 2.61. The summed E-state index contributed by atoms with van der Waals surface area (Å²) < 4.78 is 28.5. The fourth-order valence-corrected chi connectivity index (χ4v) is 3.55. The van der Waals surface area contributed by atoms with E-state index in [0.717, 1.165) is 25.7 Å². The first-order valence-corrected chi connectivity index (χ1v) is 8.73. The first kappa shape index (κ1) is 17.4. The molecule has 1 saturated carbocycles. The van der Waals surface area contributed by atoms with Crippen LogP contribution < -0.4 is 9.44 Å². The van der Waals surface area contributed by atoms with Gasteiger partial charge in [-0.2, -0.15) is 8.42 Å². The molecule has 0 aromatic rings. The smallest absolute Gasteiger partial charge is 0.310 e. The highest BCUT2D eigenvalue weighted by Crippen LogP contribution is 2.34. The van der Waals surface area contributed by atoms with Gasteiger partial charge in [-0.05, 0) is 18.8 Å². The zero-order valence-electron chi connectivity index (χ0n) is 12.3. The van der Waals surface area contributed by atoms with Gasteiger partial charge in [-0.15, -0.1) is 0 Å². The van der Waals surface area contributed by atoms with Crippen molar-refractivity contribution in [3.8, 4) is 0 Å². The lowest BCUT2D eigenvalue weighted by Crippen LogP contribution is -2.47. The highest BCUT2D eigenvalue weighted by Gasteiger charge is 2.39. The third kappa shape index (κ3) is 5.38. The minimum atomic E-state index is -3.62. The average molecular weight is 306 g/mol. The van der Waals surface area contributed by atoms with Gasteiger partial charge in [0.25, 0.3) is 10.2 Å². The molecule has 0 spiro atoms. The molecule has 20 heavy (non-hydrogen) atoms. The lowest BCUT2D eigenvalue weighted by Gasteiger charge is -2.28. The van der Waals surface area contributed by atoms with Crippen LogP contribution in [0.25, 0.3) is 0 Å². The van der Waals surface area contributed by atoms with Crippen LogP contribution in [0, 0.1) is 11.3 Å². The van der Waals surface area contributed by atoms with E-state index in [0.29, 0.717) is 19.4 Å². The highest BCUT2D eigenvalue weighted by molar-refractivity contribution is 7.87. The molecule has 1 fully saturated rings. The van der Waals surface area contributed by atoms with Gasteiger partial charge in [0.1, 0.15) is 0 Å². The third-order valence-electron chi connectivity index (χ3n) is 3.80. The summed E-state index contributed by atoms with van der Waals surface area (Å²) in [6.07, 6.45) is 4.80. The predicted molar refractivity (Wildman–Crippen MR) is 77.5 cm³/mol. The first-order valence-electron chi connectivity index (χ1n) is 7.25. The number of hydrogen-bond donors (Lipinski definition) is 3. The Kier molecular flexibility index (Phi) is 6.42. The summed E-state index contributed by atoms with van der Waals surface area (Å²) in [5.41, 5.74) is -0.955. The van der Waals surface area contributed by atoms with Crippen LogP contribution in [0.4, 0.5) is 0 Å². The van der Waals surface area contributed by atoms with Crippen molar-refractivity contribution in [3.63, 3.8) is 0 Å². The van der Waals surface area contributed by atoms with Crippen LogP contribution in [0.3, 0.4) is 0 Å². The number of hydrogen-bond acceptors (Lipinski definition) is 3. The third-order valence-corrected chi connectivity index (χ3v) is 4.87. The Balaban J connectivity index is 2.65. The van der Waals surface area contributed by atoms with Crippen molar-refractivity contribution >= 4 is 16.2 Å². The number of carbonyl (C=O) groups is 1. The summed E-state index contributed by atoms with van der Waals surface area (Å²) in [5, 5.41) is 9.47. The number of carboxylic acids is 1. The van der Waals surface area contributed by atoms with Crippen molar-refractivity contribution in [3.05, 3.63) is 0 Å². The monoisotopic (exact) mass is 306 g/mol. The van der Waals surface area contributed by atoms with Gasteiger partial charge in [0.15, 0.2) is 0 Å². The normalized spacial score (nSPS) is 19.8. The zero-order chi connectivity index (χ0) is 15.2. The molecular weight excluding hydrogens is 280 g/mol. The van der Waals surface area contributed by atoms with Gasteiger partial charge in [-0.25, -0.2) is 9.44 Å². The minimum Gasteiger partial charge on any atom is -0.481 e. The van der Waals surface area contributed by atoms with Crippen LogP contribution in [-0.4, -0.2) is 32.6 Å². The minimum absolute atomic E-state index is 0.0320. The fourth-order valence-electron chi connectivity index (χ4n) is 2.43. The molecule has 0 heterocycles. The molecule has 0 radical (unpaired) electrons. The van der Waals surface area contributed by atoms with Crippen molar-refractivity contribution in [1.82, 2.24) is 9.44 Å². The predicted octanol–water partition coefficient (Wildman–Crippen LogP) is 1.49. The highest BCUT2D eigenvalue weighted by atomic mass is 32.2. The van der Waals surface area contributed by atoms with Crippen molar-refractivity contribution in [1.29, 1.82) is 0 Å². The van der Waals surface area contributed by atoms with Crippen LogP contribution in [0.1, 0.15) is 52.4 Å². The van der Waals surface area contributed by atoms with E-state index in [4.69, 9.17) is 0 Å². The molecule has 0 aliphatic heterocycles. The van der Waals surface area contributed by atoms with E-state index >= 15 is 0 Å². The number of carboxylic acid groups (broad SMARTS) is 1. The van der Waals surface area contributed by atoms with Crippen LogP contribution >= 0.6 is 0 Å². The second-order valence-electron chi connectivity index (χ2n) is 6.07. The maximum absolute atomic E-state index is 11.8. The molecule has 6 nitrogen and oxygen atoms in total. The van der Waals surface area contributed by atoms with Crippen molar-refractivity contribution in [2.75, 3.05) is 13.1 Å². The molecule has 0 bridgehead atoms. The molecule has 3 N–H and O–H groups in total. The Labute approximate surface area is 121 Å². The summed E-state index contributed by atoms with van der Waals surface area (Å²) >= 11 is 0. The Morgan fingerprint density at radius 3 is 2.15 bits per heavy atom. The molecule has 0 saturated heterocycles. The molecule has 0 aromatic carbocycles. The summed E-state index contributed by atoms with van der Waals surface area (Å²) in [4.78, 5) is 11.6. The van der Waals surface area contributed by atoms with Gasteiger partial charge in [-0.1, -0.05) is 39.5 Å². The van der Waals surface area contributed by atoms with Crippen LogP contribution in [-0.2, 0) is 15.0 Å². The summed E-state index contributed by atoms with van der Waals surface area (Å²) in [6.45, 7) is 4.13. The van der Waals surface area contributed by atoms with Crippen molar-refractivity contribution in [2.45, 2.75) is 52.4 Å². The fraction of sp³-hybridized carbons (Fsp3) is 0.923. The van der Waals surface area contributed by atoms with Crippen LogP contribution in [0.15, 0.2) is 0 Å². The van der Waals surface area contributed by atoms with E-state index < -0.39 is 21.6 Å². The van der Waals surface area contributed by atoms with E-state index in [1.807, 2.05) is 13.8 Å². The second-order valence-corrected chi connectivity index (χ2v) is 7.65. The summed E-state index contributed by atoms with van der Waals surface area (Å²) in [7, 11) is -3.62. The molecule has 1 aliphatic rings. The number of aliphatic carboxylic acids is 1. The van der Waals surface area contributed by atoms with Gasteiger partial charge in [0.2, 0.25) is 0 Å². The standard InChI is InChI=1S/C13H26N2O4S/c1-11(2)9-14-20(18,19)15-10-13(12(16)17)7-5-3-4-6-8-13/h11,14-15H,3-10H2,1-2H3,(H,16,17). The number of rotatable bonds is 7. The molecule has 0 unspecified atom stereocenters. The Morgan fingerprint density at radius 2 is 1.70 bits per heavy atom. The quantitative estimate of drug-likeness (QED) is 0.621.